The van der Waals surface area contributed by atoms with Gasteiger partial charge in [0.15, 0.2) is 6.61 Å². The highest BCUT2D eigenvalue weighted by atomic mass is 16.5. The van der Waals surface area contributed by atoms with Crippen LogP contribution in [0.1, 0.15) is 10.4 Å². The van der Waals surface area contributed by atoms with E-state index < -0.39 is 18.5 Å². The summed E-state index contributed by atoms with van der Waals surface area (Å²) in [6.07, 6.45) is 2.55. The molecule has 8 heteroatoms. The Morgan fingerprint density at radius 1 is 1.24 bits per heavy atom. The maximum atomic E-state index is 12.0. The van der Waals surface area contributed by atoms with Crippen molar-refractivity contribution in [3.63, 3.8) is 0 Å². The number of esters is 1. The summed E-state index contributed by atoms with van der Waals surface area (Å²) < 4.78 is 14.7. The highest BCUT2D eigenvalue weighted by molar-refractivity contribution is 5.95. The number of methoxy groups -OCH3 is 1. The zero-order chi connectivity index (χ0) is 18.2. The Morgan fingerprint density at radius 3 is 2.72 bits per heavy atom. The molecule has 0 aliphatic heterocycles. The minimum Gasteiger partial charge on any atom is -0.497 e. The maximum absolute atomic E-state index is 12.0. The standard InChI is InChI=1S/C17H18N2O6/c1-19(16(21)11-25-17(22)12-6-7-24-10-12)9-15(20)18-13-4-3-5-14(8-13)23-2/h3-8,10H,9,11H2,1-2H3,(H,18,20). The molecule has 0 radical (unpaired) electrons. The first-order valence-electron chi connectivity index (χ1n) is 7.37. The molecule has 132 valence electrons. The number of carbonyl (C=O) groups excluding carboxylic acids is 3. The second kappa shape index (κ2) is 8.53. The third-order valence-electron chi connectivity index (χ3n) is 3.24. The predicted molar refractivity (Wildman–Crippen MR) is 88.3 cm³/mol. The number of rotatable bonds is 7. The Balaban J connectivity index is 1.79. The molecule has 2 rings (SSSR count). The number of ether oxygens (including phenoxy) is 2. The minimum atomic E-state index is -0.670. The predicted octanol–water partition coefficient (Wildman–Crippen LogP) is 1.54. The highest BCUT2D eigenvalue weighted by Gasteiger charge is 2.16. The summed E-state index contributed by atoms with van der Waals surface area (Å²) in [4.78, 5) is 36.7. The number of furan rings is 1. The Labute approximate surface area is 144 Å². The molecule has 0 saturated heterocycles. The molecule has 25 heavy (non-hydrogen) atoms. The lowest BCUT2D eigenvalue weighted by Gasteiger charge is -2.16. The topological polar surface area (TPSA) is 98.1 Å². The van der Waals surface area contributed by atoms with Crippen LogP contribution < -0.4 is 10.1 Å². The quantitative estimate of drug-likeness (QED) is 0.764. The number of nitrogens with zero attached hydrogens (tertiary/aromatic N) is 1. The molecule has 0 aliphatic rings. The van der Waals surface area contributed by atoms with Gasteiger partial charge < -0.3 is 24.1 Å². The van der Waals surface area contributed by atoms with Gasteiger partial charge >= 0.3 is 5.97 Å². The Morgan fingerprint density at radius 2 is 2.04 bits per heavy atom. The minimum absolute atomic E-state index is 0.181. The number of anilines is 1. The van der Waals surface area contributed by atoms with E-state index in [1.54, 1.807) is 24.3 Å². The van der Waals surface area contributed by atoms with Crippen LogP contribution in [0.5, 0.6) is 5.75 Å². The lowest BCUT2D eigenvalue weighted by molar-refractivity contribution is -0.136. The largest absolute Gasteiger partial charge is 0.497 e. The van der Waals surface area contributed by atoms with Gasteiger partial charge in [-0.15, -0.1) is 0 Å². The molecule has 1 aromatic carbocycles. The fourth-order valence-electron chi connectivity index (χ4n) is 1.91. The fourth-order valence-corrected chi connectivity index (χ4v) is 1.91. The average Bonchev–Trinajstić information content (AvgIpc) is 3.14. The van der Waals surface area contributed by atoms with Crippen molar-refractivity contribution in [2.24, 2.45) is 0 Å². The van der Waals surface area contributed by atoms with Crippen molar-refractivity contribution in [1.29, 1.82) is 0 Å². The number of amides is 2. The average molecular weight is 346 g/mol. The number of hydrogen-bond donors (Lipinski definition) is 1. The molecule has 0 unspecified atom stereocenters. The van der Waals surface area contributed by atoms with E-state index >= 15 is 0 Å². The van der Waals surface area contributed by atoms with Crippen molar-refractivity contribution in [1.82, 2.24) is 4.90 Å². The van der Waals surface area contributed by atoms with E-state index in [4.69, 9.17) is 13.9 Å². The molecular formula is C17H18N2O6. The SMILES string of the molecule is COc1cccc(NC(=O)CN(C)C(=O)COC(=O)c2ccoc2)c1. The summed E-state index contributed by atoms with van der Waals surface area (Å²) in [6.45, 7) is -0.647. The van der Waals surface area contributed by atoms with Gasteiger partial charge in [0.2, 0.25) is 5.91 Å². The van der Waals surface area contributed by atoms with Crippen LogP contribution in [-0.4, -0.2) is 50.0 Å². The van der Waals surface area contributed by atoms with Gasteiger partial charge in [-0.05, 0) is 18.2 Å². The number of likely N-dealkylation sites (N-methyl/N-ethyl adjacent to an activating group) is 1. The first kappa shape index (κ1) is 18.1. The van der Waals surface area contributed by atoms with Crippen molar-refractivity contribution in [3.8, 4) is 5.75 Å². The monoisotopic (exact) mass is 346 g/mol. The van der Waals surface area contributed by atoms with Crippen LogP contribution in [-0.2, 0) is 14.3 Å². The summed E-state index contributed by atoms with van der Waals surface area (Å²) in [5, 5.41) is 2.66. The van der Waals surface area contributed by atoms with E-state index in [2.05, 4.69) is 5.32 Å². The molecule has 0 spiro atoms. The van der Waals surface area contributed by atoms with Gasteiger partial charge in [0.25, 0.3) is 5.91 Å². The molecule has 0 bridgehead atoms. The maximum Gasteiger partial charge on any atom is 0.341 e. The van der Waals surface area contributed by atoms with E-state index in [1.807, 2.05) is 0 Å². The van der Waals surface area contributed by atoms with Crippen LogP contribution in [0.2, 0.25) is 0 Å². The Bertz CT molecular complexity index is 741. The van der Waals surface area contributed by atoms with Gasteiger partial charge in [-0.1, -0.05) is 6.07 Å². The third-order valence-corrected chi connectivity index (χ3v) is 3.24. The molecule has 0 fully saturated rings. The first-order chi connectivity index (χ1) is 12.0. The molecule has 0 atom stereocenters. The normalized spacial score (nSPS) is 10.0. The van der Waals surface area contributed by atoms with Gasteiger partial charge in [-0.25, -0.2) is 4.79 Å². The smallest absolute Gasteiger partial charge is 0.341 e. The number of carbonyl (C=O) groups is 3. The summed E-state index contributed by atoms with van der Waals surface area (Å²) in [5.41, 5.74) is 0.766. The molecule has 8 nitrogen and oxygen atoms in total. The summed E-state index contributed by atoms with van der Waals surface area (Å²) in [5.74, 6) is -0.951. The van der Waals surface area contributed by atoms with Crippen molar-refractivity contribution < 1.29 is 28.3 Å². The van der Waals surface area contributed by atoms with E-state index in [0.717, 1.165) is 4.90 Å². The van der Waals surface area contributed by atoms with Crippen LogP contribution in [0.4, 0.5) is 5.69 Å². The molecule has 0 saturated carbocycles. The molecule has 1 N–H and O–H groups in total. The summed E-state index contributed by atoms with van der Waals surface area (Å²) >= 11 is 0. The lowest BCUT2D eigenvalue weighted by atomic mass is 10.3. The van der Waals surface area contributed by atoms with Gasteiger partial charge in [0, 0.05) is 18.8 Å². The van der Waals surface area contributed by atoms with Crippen LogP contribution in [0.15, 0.2) is 47.3 Å². The molecular weight excluding hydrogens is 328 g/mol. The fraction of sp³-hybridized carbons (Fsp3) is 0.235. The molecule has 1 aromatic heterocycles. The first-order valence-corrected chi connectivity index (χ1v) is 7.37. The number of hydrogen-bond acceptors (Lipinski definition) is 6. The summed E-state index contributed by atoms with van der Waals surface area (Å²) in [6, 6.07) is 8.28. The zero-order valence-electron chi connectivity index (χ0n) is 13.9. The van der Waals surface area contributed by atoms with Crippen LogP contribution in [0.25, 0.3) is 0 Å². The van der Waals surface area contributed by atoms with E-state index in [-0.39, 0.29) is 18.0 Å². The van der Waals surface area contributed by atoms with E-state index in [9.17, 15) is 14.4 Å². The Hall–Kier alpha value is -3.29. The Kier molecular flexibility index (Phi) is 6.16. The van der Waals surface area contributed by atoms with Gasteiger partial charge in [0.1, 0.15) is 12.0 Å². The number of benzene rings is 1. The van der Waals surface area contributed by atoms with Crippen molar-refractivity contribution in [2.45, 2.75) is 0 Å². The third kappa shape index (κ3) is 5.38. The second-order valence-electron chi connectivity index (χ2n) is 5.12. The van der Waals surface area contributed by atoms with Crippen molar-refractivity contribution >= 4 is 23.5 Å². The highest BCUT2D eigenvalue weighted by Crippen LogP contribution is 2.16. The van der Waals surface area contributed by atoms with Crippen LogP contribution >= 0.6 is 0 Å². The van der Waals surface area contributed by atoms with Crippen LogP contribution in [0.3, 0.4) is 0 Å². The van der Waals surface area contributed by atoms with E-state index in [1.165, 1.54) is 32.8 Å². The van der Waals surface area contributed by atoms with Gasteiger partial charge in [0.05, 0.1) is 25.5 Å². The van der Waals surface area contributed by atoms with Gasteiger partial charge in [-0.2, -0.15) is 0 Å². The molecule has 1 heterocycles. The molecule has 0 aliphatic carbocycles. The second-order valence-corrected chi connectivity index (χ2v) is 5.12. The van der Waals surface area contributed by atoms with E-state index in [0.29, 0.717) is 11.4 Å². The zero-order valence-corrected chi connectivity index (χ0v) is 13.9. The summed E-state index contributed by atoms with van der Waals surface area (Å²) in [7, 11) is 2.97. The van der Waals surface area contributed by atoms with Crippen molar-refractivity contribution in [2.75, 3.05) is 32.6 Å². The lowest BCUT2D eigenvalue weighted by Crippen LogP contribution is -2.37. The number of nitrogens with one attached hydrogen (secondary N) is 1. The molecule has 2 amide bonds. The van der Waals surface area contributed by atoms with Crippen LogP contribution in [0, 0.1) is 0 Å². The van der Waals surface area contributed by atoms with Crippen molar-refractivity contribution in [3.05, 3.63) is 48.4 Å². The molecule has 2 aromatic rings. The van der Waals surface area contributed by atoms with Gasteiger partial charge in [-0.3, -0.25) is 9.59 Å².